The van der Waals surface area contributed by atoms with Crippen LogP contribution < -0.4 is 20.1 Å². The Morgan fingerprint density at radius 1 is 1.00 bits per heavy atom. The molecule has 0 aromatic heterocycles. The highest BCUT2D eigenvalue weighted by Crippen LogP contribution is 2.28. The first-order valence-electron chi connectivity index (χ1n) is 8.70. The smallest absolute Gasteiger partial charge is 0.325 e. The topological polar surface area (TPSA) is 103 Å². The van der Waals surface area contributed by atoms with Crippen LogP contribution in [-0.4, -0.2) is 45.2 Å². The van der Waals surface area contributed by atoms with Gasteiger partial charge < -0.3 is 24.8 Å². The lowest BCUT2D eigenvalue weighted by atomic mass is 10.2. The van der Waals surface area contributed by atoms with Gasteiger partial charge in [-0.05, 0) is 23.8 Å². The van der Waals surface area contributed by atoms with E-state index < -0.39 is 24.4 Å². The van der Waals surface area contributed by atoms with Gasteiger partial charge in [0.25, 0.3) is 5.91 Å². The average Bonchev–Trinajstić information content (AvgIpc) is 2.75. The van der Waals surface area contributed by atoms with E-state index >= 15 is 0 Å². The molecule has 0 bridgehead atoms. The van der Waals surface area contributed by atoms with Crippen molar-refractivity contribution in [2.24, 2.45) is 0 Å². The molecule has 2 N–H and O–H groups in total. The zero-order chi connectivity index (χ0) is 21.1. The highest BCUT2D eigenvalue weighted by atomic mass is 16.5. The molecule has 0 aliphatic heterocycles. The summed E-state index contributed by atoms with van der Waals surface area (Å²) in [6.07, 6.45) is 2.93. The molecule has 0 unspecified atom stereocenters. The Bertz CT molecular complexity index is 880. The second kappa shape index (κ2) is 11.1. The maximum absolute atomic E-state index is 12.0. The van der Waals surface area contributed by atoms with Crippen LogP contribution in [0.2, 0.25) is 0 Å². The zero-order valence-corrected chi connectivity index (χ0v) is 16.1. The molecular weight excluding hydrogens is 376 g/mol. The van der Waals surface area contributed by atoms with E-state index in [-0.39, 0.29) is 6.54 Å². The molecule has 0 heterocycles. The number of benzene rings is 2. The minimum absolute atomic E-state index is 0.350. The van der Waals surface area contributed by atoms with Crippen LogP contribution in [0.5, 0.6) is 11.5 Å². The Hall–Kier alpha value is -3.81. The predicted octanol–water partition coefficient (Wildman–Crippen LogP) is 2.02. The van der Waals surface area contributed by atoms with Crippen LogP contribution in [-0.2, 0) is 19.1 Å². The van der Waals surface area contributed by atoms with Gasteiger partial charge in [0.15, 0.2) is 6.61 Å². The third kappa shape index (κ3) is 7.37. The Morgan fingerprint density at radius 3 is 2.45 bits per heavy atom. The van der Waals surface area contributed by atoms with Gasteiger partial charge in [-0.15, -0.1) is 0 Å². The largest absolute Gasteiger partial charge is 0.497 e. The van der Waals surface area contributed by atoms with Crippen molar-refractivity contribution in [1.29, 1.82) is 0 Å². The predicted molar refractivity (Wildman–Crippen MR) is 108 cm³/mol. The van der Waals surface area contributed by atoms with Crippen LogP contribution in [0.4, 0.5) is 5.69 Å². The Labute approximate surface area is 168 Å². The Kier molecular flexibility index (Phi) is 8.25. The van der Waals surface area contributed by atoms with Gasteiger partial charge in [-0.3, -0.25) is 14.4 Å². The van der Waals surface area contributed by atoms with E-state index in [9.17, 15) is 14.4 Å². The number of ether oxygens (including phenoxy) is 3. The summed E-state index contributed by atoms with van der Waals surface area (Å²) in [6.45, 7) is -0.846. The number of esters is 1. The van der Waals surface area contributed by atoms with E-state index in [1.807, 2.05) is 30.3 Å². The first kappa shape index (κ1) is 21.5. The molecule has 29 heavy (non-hydrogen) atoms. The second-order valence-corrected chi connectivity index (χ2v) is 5.74. The molecule has 0 saturated carbocycles. The fourth-order valence-electron chi connectivity index (χ4n) is 2.24. The van der Waals surface area contributed by atoms with Gasteiger partial charge in [0, 0.05) is 12.1 Å². The van der Waals surface area contributed by atoms with Crippen molar-refractivity contribution in [3.05, 3.63) is 60.2 Å². The molecule has 2 rings (SSSR count). The Morgan fingerprint density at radius 2 is 1.76 bits per heavy atom. The molecule has 0 aliphatic carbocycles. The molecule has 0 radical (unpaired) electrons. The summed E-state index contributed by atoms with van der Waals surface area (Å²) in [5.74, 6) is -0.747. The van der Waals surface area contributed by atoms with Gasteiger partial charge in [-0.25, -0.2) is 0 Å². The molecule has 8 nitrogen and oxygen atoms in total. The van der Waals surface area contributed by atoms with Gasteiger partial charge in [-0.1, -0.05) is 30.3 Å². The van der Waals surface area contributed by atoms with Gasteiger partial charge >= 0.3 is 5.97 Å². The van der Waals surface area contributed by atoms with E-state index in [1.54, 1.807) is 24.3 Å². The summed E-state index contributed by atoms with van der Waals surface area (Å²) in [5, 5.41) is 4.97. The fraction of sp³-hybridized carbons (Fsp3) is 0.190. The maximum atomic E-state index is 12.0. The van der Waals surface area contributed by atoms with Gasteiger partial charge in [0.1, 0.15) is 18.0 Å². The number of hydrogen-bond donors (Lipinski definition) is 2. The Balaban J connectivity index is 1.74. The molecular formula is C21H22N2O6. The molecule has 8 heteroatoms. The van der Waals surface area contributed by atoms with E-state index in [1.165, 1.54) is 20.3 Å². The standard InChI is InChI=1S/C21H22N2O6/c1-27-16-9-10-17(18(12-16)28-2)23-20(25)14-29-21(26)13-22-19(24)11-8-15-6-4-3-5-7-15/h3-12H,13-14H2,1-2H3,(H,22,24)(H,23,25)/b11-8+. The summed E-state index contributed by atoms with van der Waals surface area (Å²) in [6, 6.07) is 14.1. The van der Waals surface area contributed by atoms with Crippen molar-refractivity contribution in [2.45, 2.75) is 0 Å². The van der Waals surface area contributed by atoms with E-state index in [0.29, 0.717) is 17.2 Å². The van der Waals surface area contributed by atoms with Gasteiger partial charge in [-0.2, -0.15) is 0 Å². The number of hydrogen-bond acceptors (Lipinski definition) is 6. The number of anilines is 1. The molecule has 2 aromatic rings. The number of methoxy groups -OCH3 is 2. The van der Waals surface area contributed by atoms with Crippen molar-refractivity contribution in [3.8, 4) is 11.5 Å². The molecule has 0 spiro atoms. The average molecular weight is 398 g/mol. The second-order valence-electron chi connectivity index (χ2n) is 5.74. The molecule has 152 valence electrons. The lowest BCUT2D eigenvalue weighted by Crippen LogP contribution is -2.31. The van der Waals surface area contributed by atoms with Crippen molar-refractivity contribution >= 4 is 29.5 Å². The minimum atomic E-state index is -0.733. The van der Waals surface area contributed by atoms with Crippen molar-refractivity contribution < 1.29 is 28.6 Å². The lowest BCUT2D eigenvalue weighted by Gasteiger charge is -2.11. The minimum Gasteiger partial charge on any atom is -0.497 e. The molecule has 0 aliphatic rings. The van der Waals surface area contributed by atoms with Gasteiger partial charge in [0.2, 0.25) is 5.91 Å². The third-order valence-electron chi connectivity index (χ3n) is 3.68. The van der Waals surface area contributed by atoms with E-state index in [0.717, 1.165) is 5.56 Å². The zero-order valence-electron chi connectivity index (χ0n) is 16.1. The van der Waals surface area contributed by atoms with Crippen LogP contribution in [0.15, 0.2) is 54.6 Å². The maximum Gasteiger partial charge on any atom is 0.325 e. The number of nitrogens with one attached hydrogen (secondary N) is 2. The van der Waals surface area contributed by atoms with Crippen molar-refractivity contribution in [1.82, 2.24) is 5.32 Å². The van der Waals surface area contributed by atoms with Crippen molar-refractivity contribution in [3.63, 3.8) is 0 Å². The fourth-order valence-corrected chi connectivity index (χ4v) is 2.24. The SMILES string of the molecule is COc1ccc(NC(=O)COC(=O)CNC(=O)/C=C/c2ccccc2)c(OC)c1. The number of carbonyl (C=O) groups is 3. The first-order chi connectivity index (χ1) is 14.0. The quantitative estimate of drug-likeness (QED) is 0.495. The van der Waals surface area contributed by atoms with E-state index in [4.69, 9.17) is 14.2 Å². The number of amides is 2. The van der Waals surface area contributed by atoms with Crippen LogP contribution in [0.1, 0.15) is 5.56 Å². The summed E-state index contributed by atoms with van der Waals surface area (Å²) in [5.41, 5.74) is 1.27. The normalized spacial score (nSPS) is 10.3. The molecule has 2 aromatic carbocycles. The van der Waals surface area contributed by atoms with Gasteiger partial charge in [0.05, 0.1) is 19.9 Å². The summed E-state index contributed by atoms with van der Waals surface area (Å²) in [7, 11) is 2.97. The third-order valence-corrected chi connectivity index (χ3v) is 3.68. The van der Waals surface area contributed by atoms with Crippen LogP contribution in [0, 0.1) is 0 Å². The molecule has 2 amide bonds. The molecule has 0 fully saturated rings. The highest BCUT2D eigenvalue weighted by Gasteiger charge is 2.12. The summed E-state index contributed by atoms with van der Waals surface area (Å²) >= 11 is 0. The number of carbonyl (C=O) groups excluding carboxylic acids is 3. The lowest BCUT2D eigenvalue weighted by molar-refractivity contribution is -0.146. The first-order valence-corrected chi connectivity index (χ1v) is 8.70. The van der Waals surface area contributed by atoms with Crippen LogP contribution in [0.25, 0.3) is 6.08 Å². The van der Waals surface area contributed by atoms with Crippen LogP contribution in [0.3, 0.4) is 0 Å². The molecule has 0 saturated heterocycles. The number of rotatable bonds is 9. The summed E-state index contributed by atoms with van der Waals surface area (Å²) < 4.78 is 15.1. The monoisotopic (exact) mass is 398 g/mol. The molecule has 0 atom stereocenters. The van der Waals surface area contributed by atoms with E-state index in [2.05, 4.69) is 10.6 Å². The van der Waals surface area contributed by atoms with Crippen LogP contribution >= 0.6 is 0 Å². The highest BCUT2D eigenvalue weighted by molar-refractivity contribution is 5.95. The summed E-state index contributed by atoms with van der Waals surface area (Å²) in [4.78, 5) is 35.4. The van der Waals surface area contributed by atoms with Crippen molar-refractivity contribution in [2.75, 3.05) is 32.7 Å².